The van der Waals surface area contributed by atoms with Crippen LogP contribution in [0.15, 0.2) is 24.3 Å². The molecule has 126 valence electrons. The normalized spacial score (nSPS) is 21.3. The minimum atomic E-state index is -0.307. The van der Waals surface area contributed by atoms with E-state index in [2.05, 4.69) is 10.6 Å². The average molecular weight is 320 g/mol. The number of benzene rings is 1. The fourth-order valence-corrected chi connectivity index (χ4v) is 3.65. The third-order valence-electron chi connectivity index (χ3n) is 5.05. The second-order valence-corrected chi connectivity index (χ2v) is 6.60. The summed E-state index contributed by atoms with van der Waals surface area (Å²) in [5.41, 5.74) is 0.717. The van der Waals surface area contributed by atoms with Crippen LogP contribution >= 0.6 is 0 Å². The number of hydrogen-bond acceptors (Lipinski definition) is 3. The molecule has 0 spiro atoms. The second-order valence-electron chi connectivity index (χ2n) is 6.60. The molecule has 1 aliphatic carbocycles. The maximum Gasteiger partial charge on any atom is 0.234 e. The van der Waals surface area contributed by atoms with Crippen molar-refractivity contribution in [3.8, 4) is 0 Å². The molecule has 1 aromatic rings. The van der Waals surface area contributed by atoms with E-state index < -0.39 is 0 Å². The van der Waals surface area contributed by atoms with E-state index in [0.717, 1.165) is 31.2 Å². The molecule has 5 heteroatoms. The van der Waals surface area contributed by atoms with Gasteiger partial charge in [0, 0.05) is 24.8 Å². The van der Waals surface area contributed by atoms with Gasteiger partial charge in [-0.3, -0.25) is 10.1 Å². The molecule has 1 amide bonds. The summed E-state index contributed by atoms with van der Waals surface area (Å²) >= 11 is 0. The molecule has 1 aliphatic heterocycles. The molecule has 0 aromatic heterocycles. The van der Waals surface area contributed by atoms with Crippen molar-refractivity contribution in [1.29, 1.82) is 0 Å². The van der Waals surface area contributed by atoms with E-state index in [9.17, 15) is 9.18 Å². The molecule has 0 radical (unpaired) electrons. The smallest absolute Gasteiger partial charge is 0.234 e. The molecular weight excluding hydrogens is 295 g/mol. The van der Waals surface area contributed by atoms with Crippen molar-refractivity contribution in [2.75, 3.05) is 19.8 Å². The Bertz CT molecular complexity index is 520. The van der Waals surface area contributed by atoms with Gasteiger partial charge in [-0.05, 0) is 43.4 Å². The van der Waals surface area contributed by atoms with Crippen LogP contribution in [-0.4, -0.2) is 31.7 Å². The van der Waals surface area contributed by atoms with Crippen LogP contribution in [0, 0.1) is 5.82 Å². The van der Waals surface area contributed by atoms with E-state index >= 15 is 0 Å². The molecule has 1 heterocycles. The zero-order valence-electron chi connectivity index (χ0n) is 13.4. The fourth-order valence-electron chi connectivity index (χ4n) is 3.65. The molecule has 1 saturated carbocycles. The Balaban J connectivity index is 1.64. The summed E-state index contributed by atoms with van der Waals surface area (Å²) < 4.78 is 18.7. The molecule has 0 atom stereocenters. The highest BCUT2D eigenvalue weighted by atomic mass is 19.1. The van der Waals surface area contributed by atoms with Gasteiger partial charge in [-0.1, -0.05) is 25.0 Å². The number of amides is 1. The van der Waals surface area contributed by atoms with E-state index in [-0.39, 0.29) is 23.8 Å². The lowest BCUT2D eigenvalue weighted by Crippen LogP contribution is -2.51. The van der Waals surface area contributed by atoms with Gasteiger partial charge in [-0.25, -0.2) is 4.39 Å². The van der Waals surface area contributed by atoms with Crippen molar-refractivity contribution in [3.05, 3.63) is 35.6 Å². The molecule has 1 saturated heterocycles. The Morgan fingerprint density at radius 3 is 2.48 bits per heavy atom. The SMILES string of the molecule is O=C(CNC1(c2ccc(F)cc2)CCOCC1)NC1CCCC1. The third-order valence-corrected chi connectivity index (χ3v) is 5.05. The third kappa shape index (κ3) is 4.09. The van der Waals surface area contributed by atoms with E-state index in [0.29, 0.717) is 19.3 Å². The first-order valence-electron chi connectivity index (χ1n) is 8.56. The van der Waals surface area contributed by atoms with Crippen molar-refractivity contribution in [1.82, 2.24) is 10.6 Å². The number of carbonyl (C=O) groups is 1. The molecule has 3 rings (SSSR count). The van der Waals surface area contributed by atoms with E-state index in [1.165, 1.54) is 25.0 Å². The van der Waals surface area contributed by atoms with E-state index in [4.69, 9.17) is 4.74 Å². The van der Waals surface area contributed by atoms with E-state index in [1.807, 2.05) is 12.1 Å². The zero-order valence-corrected chi connectivity index (χ0v) is 13.4. The number of halogens is 1. The number of carbonyl (C=O) groups excluding carboxylic acids is 1. The van der Waals surface area contributed by atoms with Crippen LogP contribution in [0.25, 0.3) is 0 Å². The Morgan fingerprint density at radius 2 is 1.83 bits per heavy atom. The van der Waals surface area contributed by atoms with Crippen LogP contribution < -0.4 is 10.6 Å². The molecule has 2 fully saturated rings. The highest BCUT2D eigenvalue weighted by Crippen LogP contribution is 2.32. The first kappa shape index (κ1) is 16.4. The van der Waals surface area contributed by atoms with Crippen molar-refractivity contribution in [2.24, 2.45) is 0 Å². The summed E-state index contributed by atoms with van der Waals surface area (Å²) in [6, 6.07) is 6.91. The number of rotatable bonds is 5. The Morgan fingerprint density at radius 1 is 1.17 bits per heavy atom. The Hall–Kier alpha value is -1.46. The summed E-state index contributed by atoms with van der Waals surface area (Å²) in [7, 11) is 0. The maximum atomic E-state index is 13.2. The minimum Gasteiger partial charge on any atom is -0.381 e. The predicted octanol–water partition coefficient (Wildman–Crippen LogP) is 2.48. The van der Waals surface area contributed by atoms with Gasteiger partial charge in [0.25, 0.3) is 0 Å². The van der Waals surface area contributed by atoms with E-state index in [1.54, 1.807) is 0 Å². The molecule has 2 aliphatic rings. The van der Waals surface area contributed by atoms with Crippen molar-refractivity contribution in [2.45, 2.75) is 50.1 Å². The lowest BCUT2D eigenvalue weighted by Gasteiger charge is -2.38. The first-order chi connectivity index (χ1) is 11.2. The molecule has 4 nitrogen and oxygen atoms in total. The van der Waals surface area contributed by atoms with Gasteiger partial charge in [-0.2, -0.15) is 0 Å². The molecule has 23 heavy (non-hydrogen) atoms. The molecule has 0 bridgehead atoms. The molecule has 0 unspecified atom stereocenters. The van der Waals surface area contributed by atoms with Crippen molar-refractivity contribution < 1.29 is 13.9 Å². The lowest BCUT2D eigenvalue weighted by molar-refractivity contribution is -0.121. The summed E-state index contributed by atoms with van der Waals surface area (Å²) in [6.45, 7) is 1.58. The van der Waals surface area contributed by atoms with Crippen molar-refractivity contribution >= 4 is 5.91 Å². The van der Waals surface area contributed by atoms with Gasteiger partial charge in [0.05, 0.1) is 6.54 Å². The van der Waals surface area contributed by atoms with Crippen LogP contribution in [-0.2, 0) is 15.1 Å². The fraction of sp³-hybridized carbons (Fsp3) is 0.611. The van der Waals surface area contributed by atoms with Crippen molar-refractivity contribution in [3.63, 3.8) is 0 Å². The monoisotopic (exact) mass is 320 g/mol. The van der Waals surface area contributed by atoms with Crippen LogP contribution in [0.4, 0.5) is 4.39 Å². The number of nitrogens with one attached hydrogen (secondary N) is 2. The highest BCUT2D eigenvalue weighted by molar-refractivity contribution is 5.78. The standard InChI is InChI=1S/C18H25FN2O2/c19-15-7-5-14(6-8-15)18(9-11-23-12-10-18)20-13-17(22)21-16-3-1-2-4-16/h5-8,16,20H,1-4,9-13H2,(H,21,22). The van der Waals surface area contributed by atoms with Gasteiger partial charge >= 0.3 is 0 Å². The van der Waals surface area contributed by atoms with Gasteiger partial charge in [0.1, 0.15) is 5.82 Å². The largest absolute Gasteiger partial charge is 0.381 e. The highest BCUT2D eigenvalue weighted by Gasteiger charge is 2.34. The summed E-state index contributed by atoms with van der Waals surface area (Å²) in [5, 5.41) is 6.53. The summed E-state index contributed by atoms with van der Waals surface area (Å²) in [6.07, 6.45) is 6.15. The van der Waals surface area contributed by atoms with Crippen LogP contribution in [0.3, 0.4) is 0 Å². The van der Waals surface area contributed by atoms with Gasteiger partial charge in [-0.15, -0.1) is 0 Å². The lowest BCUT2D eigenvalue weighted by atomic mass is 9.82. The topological polar surface area (TPSA) is 50.4 Å². The first-order valence-corrected chi connectivity index (χ1v) is 8.56. The van der Waals surface area contributed by atoms with Gasteiger partial charge in [0.2, 0.25) is 5.91 Å². The maximum absolute atomic E-state index is 13.2. The Labute approximate surface area is 136 Å². The molecule has 2 N–H and O–H groups in total. The van der Waals surface area contributed by atoms with Crippen LogP contribution in [0.1, 0.15) is 44.1 Å². The average Bonchev–Trinajstić information content (AvgIpc) is 3.07. The summed E-state index contributed by atoms with van der Waals surface area (Å²) in [5.74, 6) is -0.195. The van der Waals surface area contributed by atoms with Gasteiger partial charge < -0.3 is 10.1 Å². The number of ether oxygens (including phenoxy) is 1. The predicted molar refractivity (Wildman–Crippen MR) is 86.5 cm³/mol. The Kier molecular flexibility index (Phi) is 5.28. The number of hydrogen-bond donors (Lipinski definition) is 2. The zero-order chi connectivity index (χ0) is 16.1. The second kappa shape index (κ2) is 7.41. The molecule has 1 aromatic carbocycles. The quantitative estimate of drug-likeness (QED) is 0.876. The molecular formula is C18H25FN2O2. The summed E-state index contributed by atoms with van der Waals surface area (Å²) in [4.78, 5) is 12.2. The van der Waals surface area contributed by atoms with Crippen LogP contribution in [0.5, 0.6) is 0 Å². The minimum absolute atomic E-state index is 0.0462. The van der Waals surface area contributed by atoms with Gasteiger partial charge in [0.15, 0.2) is 0 Å². The van der Waals surface area contributed by atoms with Crippen LogP contribution in [0.2, 0.25) is 0 Å².